The van der Waals surface area contributed by atoms with Gasteiger partial charge in [-0.3, -0.25) is 0 Å². The molecule has 0 spiro atoms. The maximum atomic E-state index is 8.56. The van der Waals surface area contributed by atoms with Crippen LogP contribution >= 0.6 is 24.8 Å². The normalized spacial score (nSPS) is 9.22. The minimum atomic E-state index is 0. The van der Waals surface area contributed by atoms with Gasteiger partial charge in [0.2, 0.25) is 0 Å². The summed E-state index contributed by atoms with van der Waals surface area (Å²) in [5.41, 5.74) is 1.24. The van der Waals surface area contributed by atoms with Gasteiger partial charge in [-0.2, -0.15) is 0 Å². The lowest BCUT2D eigenvalue weighted by atomic mass is 10.2. The molecule has 18 heavy (non-hydrogen) atoms. The molecule has 0 radical (unpaired) electrons. The molecule has 1 aromatic rings. The monoisotopic (exact) mass is 296 g/mol. The number of hydrogen-bond donors (Lipinski definition) is 3. The van der Waals surface area contributed by atoms with Gasteiger partial charge in [-0.25, -0.2) is 0 Å². The molecule has 106 valence electrons. The summed E-state index contributed by atoms with van der Waals surface area (Å²) in [6.07, 6.45) is 0. The number of aliphatic hydroxyl groups excluding tert-OH is 1. The molecule has 0 aliphatic carbocycles. The number of benzene rings is 1. The zero-order chi connectivity index (χ0) is 11.6. The van der Waals surface area contributed by atoms with E-state index < -0.39 is 0 Å². The van der Waals surface area contributed by atoms with Crippen molar-refractivity contribution in [2.75, 3.05) is 33.4 Å². The number of methoxy groups -OCH3 is 1. The van der Waals surface area contributed by atoms with E-state index in [-0.39, 0.29) is 31.4 Å². The van der Waals surface area contributed by atoms with Crippen LogP contribution in [-0.2, 0) is 6.54 Å². The first-order valence-electron chi connectivity index (χ1n) is 5.52. The maximum absolute atomic E-state index is 8.56. The van der Waals surface area contributed by atoms with Gasteiger partial charge in [0.05, 0.1) is 13.7 Å². The summed E-state index contributed by atoms with van der Waals surface area (Å²) in [5, 5.41) is 15.0. The SMILES string of the molecule is COc1ccc(CNCCNCCO)cc1.Cl.Cl. The predicted octanol–water partition coefficient (Wildman–Crippen LogP) is 1.21. The molecule has 0 bridgehead atoms. The minimum Gasteiger partial charge on any atom is -0.497 e. The molecule has 3 N–H and O–H groups in total. The fourth-order valence-electron chi connectivity index (χ4n) is 1.36. The first-order chi connectivity index (χ1) is 7.86. The number of rotatable bonds is 8. The Morgan fingerprint density at radius 1 is 1.00 bits per heavy atom. The Kier molecular flexibility index (Phi) is 14.2. The third-order valence-corrected chi connectivity index (χ3v) is 2.26. The average Bonchev–Trinajstić information content (AvgIpc) is 2.34. The van der Waals surface area contributed by atoms with E-state index in [9.17, 15) is 0 Å². The highest BCUT2D eigenvalue weighted by Gasteiger charge is 1.93. The van der Waals surface area contributed by atoms with Crippen LogP contribution in [0, 0.1) is 0 Å². The summed E-state index contributed by atoms with van der Waals surface area (Å²) < 4.78 is 5.09. The number of ether oxygens (including phenoxy) is 1. The zero-order valence-electron chi connectivity index (χ0n) is 10.5. The second-order valence-corrected chi connectivity index (χ2v) is 3.50. The smallest absolute Gasteiger partial charge is 0.118 e. The second-order valence-electron chi connectivity index (χ2n) is 3.50. The molecule has 6 heteroatoms. The first kappa shape index (κ1) is 19.8. The van der Waals surface area contributed by atoms with E-state index in [4.69, 9.17) is 9.84 Å². The van der Waals surface area contributed by atoms with Crippen molar-refractivity contribution in [3.8, 4) is 5.75 Å². The molecule has 0 amide bonds. The third kappa shape index (κ3) is 8.55. The van der Waals surface area contributed by atoms with E-state index >= 15 is 0 Å². The Morgan fingerprint density at radius 3 is 2.17 bits per heavy atom. The van der Waals surface area contributed by atoms with E-state index in [1.807, 2.05) is 24.3 Å². The van der Waals surface area contributed by atoms with Crippen LogP contribution in [0.25, 0.3) is 0 Å². The summed E-state index contributed by atoms with van der Waals surface area (Å²) in [4.78, 5) is 0. The number of halogens is 2. The van der Waals surface area contributed by atoms with Gasteiger partial charge in [-0.15, -0.1) is 24.8 Å². The van der Waals surface area contributed by atoms with Crippen molar-refractivity contribution in [3.63, 3.8) is 0 Å². The van der Waals surface area contributed by atoms with Crippen LogP contribution in [0.5, 0.6) is 5.75 Å². The minimum absolute atomic E-state index is 0. The van der Waals surface area contributed by atoms with Gasteiger partial charge in [0, 0.05) is 26.2 Å². The van der Waals surface area contributed by atoms with E-state index in [0.717, 1.165) is 25.4 Å². The summed E-state index contributed by atoms with van der Waals surface area (Å²) in [7, 11) is 1.67. The van der Waals surface area contributed by atoms with Gasteiger partial charge in [-0.05, 0) is 17.7 Å². The van der Waals surface area contributed by atoms with Crippen LogP contribution in [0.4, 0.5) is 0 Å². The average molecular weight is 297 g/mol. The Labute approximate surface area is 121 Å². The van der Waals surface area contributed by atoms with Crippen molar-refractivity contribution < 1.29 is 9.84 Å². The molecule has 0 fully saturated rings. The molecule has 0 unspecified atom stereocenters. The van der Waals surface area contributed by atoms with E-state index in [1.54, 1.807) is 7.11 Å². The molecule has 0 atom stereocenters. The van der Waals surface area contributed by atoms with E-state index in [0.29, 0.717) is 6.54 Å². The molecule has 0 saturated carbocycles. The molecule has 4 nitrogen and oxygen atoms in total. The number of nitrogens with one attached hydrogen (secondary N) is 2. The van der Waals surface area contributed by atoms with Crippen LogP contribution in [0.15, 0.2) is 24.3 Å². The molecule has 0 aliphatic rings. The molecule has 1 rings (SSSR count). The van der Waals surface area contributed by atoms with Gasteiger partial charge in [0.1, 0.15) is 5.75 Å². The standard InChI is InChI=1S/C12H20N2O2.2ClH/c1-16-12-4-2-11(3-5-12)10-14-7-6-13-8-9-15;;/h2-5,13-15H,6-10H2,1H3;2*1H. The van der Waals surface area contributed by atoms with Crippen LogP contribution < -0.4 is 15.4 Å². The first-order valence-corrected chi connectivity index (χ1v) is 5.52. The highest BCUT2D eigenvalue weighted by Crippen LogP contribution is 2.10. The van der Waals surface area contributed by atoms with Gasteiger partial charge < -0.3 is 20.5 Å². The van der Waals surface area contributed by atoms with Crippen molar-refractivity contribution in [1.82, 2.24) is 10.6 Å². The quantitative estimate of drug-likeness (QED) is 0.631. The lowest BCUT2D eigenvalue weighted by molar-refractivity contribution is 0.292. The van der Waals surface area contributed by atoms with E-state index in [1.165, 1.54) is 5.56 Å². The lowest BCUT2D eigenvalue weighted by Crippen LogP contribution is -2.28. The summed E-state index contributed by atoms with van der Waals surface area (Å²) in [6.45, 7) is 3.47. The fourth-order valence-corrected chi connectivity index (χ4v) is 1.36. The Balaban J connectivity index is 0. The van der Waals surface area contributed by atoms with Gasteiger partial charge in [0.15, 0.2) is 0 Å². The van der Waals surface area contributed by atoms with Crippen molar-refractivity contribution in [1.29, 1.82) is 0 Å². The Hall–Kier alpha value is -0.520. The predicted molar refractivity (Wildman–Crippen MR) is 79.2 cm³/mol. The third-order valence-electron chi connectivity index (χ3n) is 2.26. The molecule has 0 saturated heterocycles. The number of hydrogen-bond acceptors (Lipinski definition) is 4. The number of aliphatic hydroxyl groups is 1. The van der Waals surface area contributed by atoms with Crippen molar-refractivity contribution in [2.24, 2.45) is 0 Å². The topological polar surface area (TPSA) is 53.5 Å². The molecule has 0 heterocycles. The van der Waals surface area contributed by atoms with Crippen LogP contribution in [0.3, 0.4) is 0 Å². The molecule has 0 aromatic heterocycles. The van der Waals surface area contributed by atoms with Crippen molar-refractivity contribution in [3.05, 3.63) is 29.8 Å². The highest BCUT2D eigenvalue weighted by atomic mass is 35.5. The molecule has 1 aromatic carbocycles. The van der Waals surface area contributed by atoms with E-state index in [2.05, 4.69) is 10.6 Å². The highest BCUT2D eigenvalue weighted by molar-refractivity contribution is 5.85. The van der Waals surface area contributed by atoms with Crippen LogP contribution in [-0.4, -0.2) is 38.5 Å². The fraction of sp³-hybridized carbons (Fsp3) is 0.500. The largest absolute Gasteiger partial charge is 0.497 e. The summed E-state index contributed by atoms with van der Waals surface area (Å²) in [5.74, 6) is 0.883. The van der Waals surface area contributed by atoms with Gasteiger partial charge in [-0.1, -0.05) is 12.1 Å². The summed E-state index contributed by atoms with van der Waals surface area (Å²) in [6, 6.07) is 8.02. The Bertz CT molecular complexity index is 284. The van der Waals surface area contributed by atoms with Crippen LogP contribution in [0.2, 0.25) is 0 Å². The molecular weight excluding hydrogens is 275 g/mol. The lowest BCUT2D eigenvalue weighted by Gasteiger charge is -2.06. The van der Waals surface area contributed by atoms with Crippen molar-refractivity contribution in [2.45, 2.75) is 6.54 Å². The van der Waals surface area contributed by atoms with Crippen LogP contribution in [0.1, 0.15) is 5.56 Å². The Morgan fingerprint density at radius 2 is 1.61 bits per heavy atom. The summed E-state index contributed by atoms with van der Waals surface area (Å²) >= 11 is 0. The maximum Gasteiger partial charge on any atom is 0.118 e. The van der Waals surface area contributed by atoms with Crippen molar-refractivity contribution >= 4 is 24.8 Å². The molecular formula is C12H22Cl2N2O2. The zero-order valence-corrected chi connectivity index (χ0v) is 12.1. The molecule has 0 aliphatic heterocycles. The van der Waals surface area contributed by atoms with Gasteiger partial charge >= 0.3 is 0 Å². The van der Waals surface area contributed by atoms with Gasteiger partial charge in [0.25, 0.3) is 0 Å². The second kappa shape index (κ2) is 12.9.